The van der Waals surface area contributed by atoms with E-state index in [1.807, 2.05) is 11.8 Å². The zero-order valence-corrected chi connectivity index (χ0v) is 13.1. The molecule has 0 saturated carbocycles. The Morgan fingerprint density at radius 1 is 1.19 bits per heavy atom. The number of benzene rings is 1. The number of carbonyl (C=O) groups is 1. The molecule has 0 aromatic heterocycles. The summed E-state index contributed by atoms with van der Waals surface area (Å²) in [6.45, 7) is 4.76. The Kier molecular flexibility index (Phi) is 3.53. The maximum absolute atomic E-state index is 12.8. The first kappa shape index (κ1) is 14.5. The highest BCUT2D eigenvalue weighted by molar-refractivity contribution is 7.89. The summed E-state index contributed by atoms with van der Waals surface area (Å²) in [4.78, 5) is 14.5. The fourth-order valence-corrected chi connectivity index (χ4v) is 4.82. The van der Waals surface area contributed by atoms with E-state index in [4.69, 9.17) is 0 Å². The molecule has 114 valence electrons. The number of fused-ring (bicyclic) bond motifs is 1. The molecule has 21 heavy (non-hydrogen) atoms. The largest absolute Gasteiger partial charge is 0.337 e. The van der Waals surface area contributed by atoms with Gasteiger partial charge in [0.15, 0.2) is 0 Å². The van der Waals surface area contributed by atoms with Crippen LogP contribution in [0.5, 0.6) is 0 Å². The number of nitrogens with zero attached hydrogens (tertiary/aromatic N) is 2. The molecule has 2 unspecified atom stereocenters. The first-order valence-corrected chi connectivity index (χ1v) is 8.74. The zero-order chi connectivity index (χ0) is 15.2. The van der Waals surface area contributed by atoms with Crippen LogP contribution in [-0.4, -0.2) is 48.7 Å². The molecule has 0 N–H and O–H groups in total. The molecule has 5 nitrogen and oxygen atoms in total. The van der Waals surface area contributed by atoms with Gasteiger partial charge in [0.25, 0.3) is 0 Å². The lowest BCUT2D eigenvalue weighted by atomic mass is 10.1. The number of piperazine rings is 1. The van der Waals surface area contributed by atoms with Crippen LogP contribution in [0.15, 0.2) is 29.2 Å². The molecular weight excluding hydrogens is 288 g/mol. The minimum atomic E-state index is -3.61. The van der Waals surface area contributed by atoms with Gasteiger partial charge in [0.1, 0.15) is 6.04 Å². The summed E-state index contributed by atoms with van der Waals surface area (Å²) in [7, 11) is -3.61. The lowest BCUT2D eigenvalue weighted by Gasteiger charge is -2.40. The second kappa shape index (κ2) is 5.10. The van der Waals surface area contributed by atoms with Gasteiger partial charge in [-0.2, -0.15) is 4.31 Å². The molecule has 2 atom stereocenters. The van der Waals surface area contributed by atoms with Crippen molar-refractivity contribution < 1.29 is 13.2 Å². The van der Waals surface area contributed by atoms with E-state index < -0.39 is 16.1 Å². The van der Waals surface area contributed by atoms with E-state index in [0.29, 0.717) is 6.54 Å². The Balaban J connectivity index is 1.94. The van der Waals surface area contributed by atoms with Crippen LogP contribution in [-0.2, 0) is 14.8 Å². The number of aryl methyl sites for hydroxylation is 1. The third kappa shape index (κ3) is 2.36. The monoisotopic (exact) mass is 308 g/mol. The zero-order valence-electron chi connectivity index (χ0n) is 12.3. The molecule has 2 fully saturated rings. The van der Waals surface area contributed by atoms with Crippen molar-refractivity contribution in [3.8, 4) is 0 Å². The maximum Gasteiger partial charge on any atom is 0.243 e. The average Bonchev–Trinajstić information content (AvgIpc) is 2.91. The van der Waals surface area contributed by atoms with Crippen LogP contribution >= 0.6 is 0 Å². The Morgan fingerprint density at radius 2 is 1.86 bits per heavy atom. The van der Waals surface area contributed by atoms with Gasteiger partial charge >= 0.3 is 0 Å². The Labute approximate surface area is 125 Å². The van der Waals surface area contributed by atoms with E-state index in [0.717, 1.165) is 24.9 Å². The number of hydrogen-bond acceptors (Lipinski definition) is 3. The molecule has 0 aliphatic carbocycles. The quantitative estimate of drug-likeness (QED) is 0.829. The summed E-state index contributed by atoms with van der Waals surface area (Å²) >= 11 is 0. The van der Waals surface area contributed by atoms with E-state index >= 15 is 0 Å². The molecule has 2 saturated heterocycles. The highest BCUT2D eigenvalue weighted by Gasteiger charge is 2.45. The van der Waals surface area contributed by atoms with Crippen LogP contribution < -0.4 is 0 Å². The number of sulfonamides is 1. The third-order valence-corrected chi connectivity index (χ3v) is 6.42. The van der Waals surface area contributed by atoms with E-state index in [1.54, 1.807) is 31.2 Å². The summed E-state index contributed by atoms with van der Waals surface area (Å²) < 4.78 is 27.0. The molecule has 1 aromatic rings. The minimum absolute atomic E-state index is 0.0360. The van der Waals surface area contributed by atoms with Crippen molar-refractivity contribution in [1.29, 1.82) is 0 Å². The van der Waals surface area contributed by atoms with Crippen molar-refractivity contribution in [2.45, 2.75) is 43.7 Å². The van der Waals surface area contributed by atoms with Crippen LogP contribution in [0.4, 0.5) is 0 Å². The van der Waals surface area contributed by atoms with Crippen molar-refractivity contribution in [3.63, 3.8) is 0 Å². The molecule has 0 radical (unpaired) electrons. The lowest BCUT2D eigenvalue weighted by molar-refractivity contribution is -0.139. The summed E-state index contributed by atoms with van der Waals surface area (Å²) in [6, 6.07) is 6.21. The SMILES string of the molecule is Cc1ccc(S(=O)(=O)N2CC3CCCN3C(=O)C2C)cc1. The summed E-state index contributed by atoms with van der Waals surface area (Å²) in [6.07, 6.45) is 1.85. The number of hydrogen-bond donors (Lipinski definition) is 0. The van der Waals surface area contributed by atoms with Gasteiger partial charge in [-0.15, -0.1) is 0 Å². The molecule has 3 rings (SSSR count). The van der Waals surface area contributed by atoms with E-state index in [2.05, 4.69) is 0 Å². The van der Waals surface area contributed by atoms with Crippen molar-refractivity contribution in [3.05, 3.63) is 29.8 Å². The average molecular weight is 308 g/mol. The smallest absolute Gasteiger partial charge is 0.243 e. The van der Waals surface area contributed by atoms with Crippen molar-refractivity contribution in [1.82, 2.24) is 9.21 Å². The first-order valence-electron chi connectivity index (χ1n) is 7.30. The normalized spacial score (nSPS) is 27.0. The van der Waals surface area contributed by atoms with E-state index in [-0.39, 0.29) is 16.8 Å². The van der Waals surface area contributed by atoms with Gasteiger partial charge in [-0.05, 0) is 38.8 Å². The molecule has 0 spiro atoms. The number of carbonyl (C=O) groups excluding carboxylic acids is 1. The van der Waals surface area contributed by atoms with Gasteiger partial charge in [-0.25, -0.2) is 8.42 Å². The third-order valence-electron chi connectivity index (χ3n) is 4.47. The van der Waals surface area contributed by atoms with Gasteiger partial charge in [-0.1, -0.05) is 17.7 Å². The van der Waals surface area contributed by atoms with Gasteiger partial charge in [-0.3, -0.25) is 4.79 Å². The van der Waals surface area contributed by atoms with Crippen LogP contribution in [0.1, 0.15) is 25.3 Å². The topological polar surface area (TPSA) is 57.7 Å². The Bertz CT molecular complexity index is 654. The van der Waals surface area contributed by atoms with E-state index in [9.17, 15) is 13.2 Å². The predicted octanol–water partition coefficient (Wildman–Crippen LogP) is 1.38. The first-order chi connectivity index (χ1) is 9.91. The van der Waals surface area contributed by atoms with E-state index in [1.165, 1.54) is 4.31 Å². The second-order valence-electron chi connectivity index (χ2n) is 5.89. The predicted molar refractivity (Wildman–Crippen MR) is 79.3 cm³/mol. The number of amides is 1. The van der Waals surface area contributed by atoms with Gasteiger partial charge in [0.2, 0.25) is 15.9 Å². The Hall–Kier alpha value is -1.40. The summed E-state index contributed by atoms with van der Waals surface area (Å²) in [5.41, 5.74) is 1.01. The maximum atomic E-state index is 12.8. The molecule has 2 aliphatic heterocycles. The number of rotatable bonds is 2. The van der Waals surface area contributed by atoms with Crippen molar-refractivity contribution in [2.75, 3.05) is 13.1 Å². The summed E-state index contributed by atoms with van der Waals surface area (Å²) in [5.74, 6) is -0.0700. The van der Waals surface area contributed by atoms with Crippen LogP contribution in [0.3, 0.4) is 0 Å². The van der Waals surface area contributed by atoms with Crippen molar-refractivity contribution in [2.24, 2.45) is 0 Å². The molecule has 0 bridgehead atoms. The molecular formula is C15H20N2O3S. The molecule has 6 heteroatoms. The van der Waals surface area contributed by atoms with Crippen LogP contribution in [0.2, 0.25) is 0 Å². The van der Waals surface area contributed by atoms with Gasteiger partial charge < -0.3 is 4.90 Å². The lowest BCUT2D eigenvalue weighted by Crippen LogP contribution is -2.59. The standard InChI is InChI=1S/C15H20N2O3S/c1-11-5-7-14(8-6-11)21(19,20)17-10-13-4-3-9-16(13)15(18)12(17)2/h5-8,12-13H,3-4,9-10H2,1-2H3. The molecule has 1 aromatic carbocycles. The fourth-order valence-electron chi connectivity index (χ4n) is 3.20. The Morgan fingerprint density at radius 3 is 2.52 bits per heavy atom. The highest BCUT2D eigenvalue weighted by Crippen LogP contribution is 2.29. The molecule has 1 amide bonds. The van der Waals surface area contributed by atoms with Gasteiger partial charge in [0.05, 0.1) is 4.90 Å². The highest BCUT2D eigenvalue weighted by atomic mass is 32.2. The molecule has 2 aliphatic rings. The van der Waals surface area contributed by atoms with Crippen LogP contribution in [0.25, 0.3) is 0 Å². The summed E-state index contributed by atoms with van der Waals surface area (Å²) in [5, 5.41) is 0. The molecule has 2 heterocycles. The van der Waals surface area contributed by atoms with Crippen molar-refractivity contribution >= 4 is 15.9 Å². The second-order valence-corrected chi connectivity index (χ2v) is 7.78. The van der Waals surface area contributed by atoms with Gasteiger partial charge in [0, 0.05) is 19.1 Å². The fraction of sp³-hybridized carbons (Fsp3) is 0.533. The minimum Gasteiger partial charge on any atom is -0.337 e. The van der Waals surface area contributed by atoms with Crippen LogP contribution in [0, 0.1) is 6.92 Å².